The van der Waals surface area contributed by atoms with Crippen LogP contribution in [0.3, 0.4) is 0 Å². The minimum Gasteiger partial charge on any atom is -0.368 e. The summed E-state index contributed by atoms with van der Waals surface area (Å²) in [6.45, 7) is 7.22. The summed E-state index contributed by atoms with van der Waals surface area (Å²) in [6.07, 6.45) is 0. The Kier molecular flexibility index (Phi) is 4.51. The summed E-state index contributed by atoms with van der Waals surface area (Å²) in [6, 6.07) is 9.02. The summed E-state index contributed by atoms with van der Waals surface area (Å²) in [4.78, 5) is 3.42. The van der Waals surface area contributed by atoms with Gasteiger partial charge in [0.1, 0.15) is 6.07 Å². The van der Waals surface area contributed by atoms with Crippen LogP contribution in [0.1, 0.15) is 19.4 Å². The molecule has 0 saturated carbocycles. The molecular weight excluding hydrogens is 242 g/mol. The number of hydrogen-bond acceptors (Lipinski definition) is 4. The fraction of sp³-hybridized carbons (Fsp3) is 0.500. The zero-order valence-corrected chi connectivity index (χ0v) is 11.8. The van der Waals surface area contributed by atoms with E-state index in [9.17, 15) is 5.26 Å². The Morgan fingerprint density at radius 3 is 3.06 bits per heavy atom. The van der Waals surface area contributed by atoms with Crippen molar-refractivity contribution in [2.24, 2.45) is 0 Å². The molecule has 0 amide bonds. The van der Waals surface area contributed by atoms with Gasteiger partial charge in [0.2, 0.25) is 0 Å². The van der Waals surface area contributed by atoms with E-state index in [1.165, 1.54) is 0 Å². The van der Waals surface area contributed by atoms with Crippen LogP contribution >= 0.6 is 11.8 Å². The van der Waals surface area contributed by atoms with Crippen LogP contribution in [0, 0.1) is 11.3 Å². The third-order valence-corrected chi connectivity index (χ3v) is 4.07. The quantitative estimate of drug-likeness (QED) is 0.848. The number of nitriles is 1. The van der Waals surface area contributed by atoms with Crippen molar-refractivity contribution >= 4 is 17.4 Å². The van der Waals surface area contributed by atoms with Gasteiger partial charge in [-0.1, -0.05) is 13.0 Å². The van der Waals surface area contributed by atoms with Gasteiger partial charge in [-0.05, 0) is 24.8 Å². The Labute approximate surface area is 113 Å². The summed E-state index contributed by atoms with van der Waals surface area (Å²) in [5.41, 5.74) is 1.92. The van der Waals surface area contributed by atoms with E-state index in [4.69, 9.17) is 0 Å². The first-order valence-electron chi connectivity index (χ1n) is 6.40. The molecule has 1 saturated heterocycles. The van der Waals surface area contributed by atoms with E-state index in [2.05, 4.69) is 42.3 Å². The molecule has 1 N–H and O–H groups in total. The van der Waals surface area contributed by atoms with Crippen molar-refractivity contribution < 1.29 is 0 Å². The van der Waals surface area contributed by atoms with Crippen LogP contribution in [-0.2, 0) is 0 Å². The van der Waals surface area contributed by atoms with E-state index >= 15 is 0 Å². The number of thioether (sulfide) groups is 1. The maximum Gasteiger partial charge on any atom is 0.103 e. The van der Waals surface area contributed by atoms with Gasteiger partial charge in [-0.15, -0.1) is 11.8 Å². The van der Waals surface area contributed by atoms with Crippen LogP contribution in [0.15, 0.2) is 23.1 Å². The molecule has 0 spiro atoms. The number of rotatable bonds is 3. The SMILES string of the molecule is CCSc1cccc(N2CCN[C@H](C)C2)c1C#N. The lowest BCUT2D eigenvalue weighted by molar-refractivity contribution is 0.484. The number of anilines is 1. The summed E-state index contributed by atoms with van der Waals surface area (Å²) in [7, 11) is 0. The van der Waals surface area contributed by atoms with Crippen LogP contribution in [0.5, 0.6) is 0 Å². The lowest BCUT2D eigenvalue weighted by Crippen LogP contribution is -2.49. The highest BCUT2D eigenvalue weighted by Crippen LogP contribution is 2.30. The fourth-order valence-electron chi connectivity index (χ4n) is 2.32. The summed E-state index contributed by atoms with van der Waals surface area (Å²) in [5, 5.41) is 12.8. The predicted octanol–water partition coefficient (Wildman–Crippen LogP) is 2.47. The Hall–Kier alpha value is -1.18. The Balaban J connectivity index is 2.32. The van der Waals surface area contributed by atoms with Crippen molar-refractivity contribution in [2.75, 3.05) is 30.3 Å². The zero-order valence-electron chi connectivity index (χ0n) is 10.9. The van der Waals surface area contributed by atoms with E-state index in [0.29, 0.717) is 6.04 Å². The third-order valence-electron chi connectivity index (χ3n) is 3.13. The molecule has 1 atom stereocenters. The average molecular weight is 261 g/mol. The fourth-order valence-corrected chi connectivity index (χ4v) is 3.10. The Bertz CT molecular complexity index is 453. The monoisotopic (exact) mass is 261 g/mol. The van der Waals surface area contributed by atoms with Crippen LogP contribution in [0.4, 0.5) is 5.69 Å². The molecule has 96 valence electrons. The molecule has 18 heavy (non-hydrogen) atoms. The zero-order chi connectivity index (χ0) is 13.0. The molecule has 1 aliphatic rings. The molecular formula is C14H19N3S. The third kappa shape index (κ3) is 2.80. The van der Waals surface area contributed by atoms with Gasteiger partial charge in [-0.2, -0.15) is 5.26 Å². The standard InChI is InChI=1S/C14H19N3S/c1-3-18-14-6-4-5-13(12(14)9-15)17-8-7-16-11(2)10-17/h4-6,11,16H,3,7-8,10H2,1-2H3/t11-/m1/s1. The first-order chi connectivity index (χ1) is 8.76. The molecule has 0 aliphatic carbocycles. The van der Waals surface area contributed by atoms with Crippen LogP contribution in [-0.4, -0.2) is 31.4 Å². The van der Waals surface area contributed by atoms with Crippen LogP contribution < -0.4 is 10.2 Å². The van der Waals surface area contributed by atoms with Gasteiger partial charge in [0.05, 0.1) is 11.3 Å². The lowest BCUT2D eigenvalue weighted by atomic mass is 10.1. The second-order valence-corrected chi connectivity index (χ2v) is 5.80. The van der Waals surface area contributed by atoms with Gasteiger partial charge < -0.3 is 10.2 Å². The van der Waals surface area contributed by atoms with Gasteiger partial charge in [-0.3, -0.25) is 0 Å². The lowest BCUT2D eigenvalue weighted by Gasteiger charge is -2.34. The first kappa shape index (κ1) is 13.3. The second-order valence-electron chi connectivity index (χ2n) is 4.50. The maximum absolute atomic E-state index is 9.42. The molecule has 0 bridgehead atoms. The van der Waals surface area contributed by atoms with E-state index in [1.54, 1.807) is 11.8 Å². The number of hydrogen-bond donors (Lipinski definition) is 1. The molecule has 1 fully saturated rings. The van der Waals surface area contributed by atoms with Crippen molar-refractivity contribution in [1.29, 1.82) is 5.26 Å². The molecule has 0 radical (unpaired) electrons. The number of benzene rings is 1. The molecule has 1 aromatic rings. The molecule has 4 heteroatoms. The highest BCUT2D eigenvalue weighted by atomic mass is 32.2. The maximum atomic E-state index is 9.42. The van der Waals surface area contributed by atoms with E-state index in [-0.39, 0.29) is 0 Å². The summed E-state index contributed by atoms with van der Waals surface area (Å²) < 4.78 is 0. The molecule has 1 aromatic carbocycles. The molecule has 0 unspecified atom stereocenters. The first-order valence-corrected chi connectivity index (χ1v) is 7.39. The van der Waals surface area contributed by atoms with Gasteiger partial charge in [-0.25, -0.2) is 0 Å². The number of piperazine rings is 1. The highest BCUT2D eigenvalue weighted by Gasteiger charge is 2.19. The average Bonchev–Trinajstić information content (AvgIpc) is 2.39. The highest BCUT2D eigenvalue weighted by molar-refractivity contribution is 7.99. The summed E-state index contributed by atoms with van der Waals surface area (Å²) in [5.74, 6) is 0.996. The predicted molar refractivity (Wildman–Crippen MR) is 77.2 cm³/mol. The van der Waals surface area contributed by atoms with Gasteiger partial charge in [0.15, 0.2) is 0 Å². The topological polar surface area (TPSA) is 39.1 Å². The minimum atomic E-state index is 0.479. The van der Waals surface area contributed by atoms with Crippen molar-refractivity contribution in [2.45, 2.75) is 24.8 Å². The number of nitrogens with one attached hydrogen (secondary N) is 1. The second kappa shape index (κ2) is 6.12. The summed E-state index contributed by atoms with van der Waals surface area (Å²) >= 11 is 1.74. The van der Waals surface area contributed by atoms with Crippen molar-refractivity contribution in [3.63, 3.8) is 0 Å². The molecule has 0 aromatic heterocycles. The Morgan fingerprint density at radius 2 is 2.39 bits per heavy atom. The number of nitrogens with zero attached hydrogens (tertiary/aromatic N) is 2. The van der Waals surface area contributed by atoms with Crippen LogP contribution in [0.25, 0.3) is 0 Å². The van der Waals surface area contributed by atoms with E-state index in [1.807, 2.05) is 6.07 Å². The van der Waals surface area contributed by atoms with Crippen molar-refractivity contribution in [1.82, 2.24) is 5.32 Å². The van der Waals surface area contributed by atoms with Crippen molar-refractivity contribution in [3.8, 4) is 6.07 Å². The molecule has 3 nitrogen and oxygen atoms in total. The van der Waals surface area contributed by atoms with Gasteiger partial charge in [0, 0.05) is 30.6 Å². The van der Waals surface area contributed by atoms with Gasteiger partial charge >= 0.3 is 0 Å². The van der Waals surface area contributed by atoms with Crippen molar-refractivity contribution in [3.05, 3.63) is 23.8 Å². The van der Waals surface area contributed by atoms with E-state index < -0.39 is 0 Å². The smallest absolute Gasteiger partial charge is 0.103 e. The normalized spacial score (nSPS) is 19.6. The molecule has 2 rings (SSSR count). The molecule has 1 heterocycles. The molecule has 1 aliphatic heterocycles. The largest absolute Gasteiger partial charge is 0.368 e. The van der Waals surface area contributed by atoms with Gasteiger partial charge in [0.25, 0.3) is 0 Å². The Morgan fingerprint density at radius 1 is 1.56 bits per heavy atom. The van der Waals surface area contributed by atoms with E-state index in [0.717, 1.165) is 41.5 Å². The van der Waals surface area contributed by atoms with Crippen LogP contribution in [0.2, 0.25) is 0 Å². The minimum absolute atomic E-state index is 0.479.